The number of para-hydroxylation sites is 1. The first kappa shape index (κ1) is 30.5. The van der Waals surface area contributed by atoms with Crippen molar-refractivity contribution in [1.82, 2.24) is 14.5 Å². The van der Waals surface area contributed by atoms with Crippen LogP contribution in [0.15, 0.2) is 42.5 Å². The average Bonchev–Trinajstić information content (AvgIpc) is 3.25. The largest absolute Gasteiger partial charge is 0.481 e. The summed E-state index contributed by atoms with van der Waals surface area (Å²) in [6.07, 6.45) is 5.20. The minimum absolute atomic E-state index is 0.190. The van der Waals surface area contributed by atoms with E-state index in [1.165, 1.54) is 6.07 Å². The first-order valence-corrected chi connectivity index (χ1v) is 18.6. The number of carbonyl (C=O) groups is 1. The lowest BCUT2D eigenvalue weighted by Crippen LogP contribution is -2.34. The van der Waals surface area contributed by atoms with E-state index in [0.717, 1.165) is 54.7 Å². The summed E-state index contributed by atoms with van der Waals surface area (Å²) in [5, 5.41) is 10.2. The molecule has 224 valence electrons. The van der Waals surface area contributed by atoms with Crippen LogP contribution in [0.25, 0.3) is 6.08 Å². The van der Waals surface area contributed by atoms with Crippen molar-refractivity contribution >= 4 is 31.7 Å². The van der Waals surface area contributed by atoms with Gasteiger partial charge in [-0.1, -0.05) is 61.6 Å². The van der Waals surface area contributed by atoms with Crippen LogP contribution in [0, 0.1) is 12.7 Å². The van der Waals surface area contributed by atoms with Crippen molar-refractivity contribution < 1.29 is 23.8 Å². The van der Waals surface area contributed by atoms with Crippen LogP contribution in [-0.4, -0.2) is 53.3 Å². The molecule has 1 saturated heterocycles. The molecule has 0 aliphatic carbocycles. The van der Waals surface area contributed by atoms with Crippen LogP contribution in [0.5, 0.6) is 5.75 Å². The second-order valence-electron chi connectivity index (χ2n) is 12.4. The predicted octanol–water partition coefficient (Wildman–Crippen LogP) is 7.52. The highest BCUT2D eigenvalue weighted by Gasteiger charge is 2.29. The molecule has 1 unspecified atom stereocenters. The van der Waals surface area contributed by atoms with E-state index in [-0.39, 0.29) is 18.2 Å². The predicted molar refractivity (Wildman–Crippen MR) is 166 cm³/mol. The van der Waals surface area contributed by atoms with E-state index >= 15 is 0 Å². The molecule has 0 amide bonds. The third-order valence-corrected chi connectivity index (χ3v) is 10.0. The molecule has 0 spiro atoms. The fraction of sp³-hybridized carbons (Fsp3) is 0.438. The fourth-order valence-electron chi connectivity index (χ4n) is 5.72. The molecule has 1 atom stereocenters. The highest BCUT2D eigenvalue weighted by Crippen LogP contribution is 2.42. The van der Waals surface area contributed by atoms with Gasteiger partial charge in [-0.3, -0.25) is 9.47 Å². The number of imidazole rings is 1. The van der Waals surface area contributed by atoms with E-state index < -0.39 is 20.1 Å². The number of fused-ring (bicyclic) bond motifs is 1. The molecule has 3 heterocycles. The van der Waals surface area contributed by atoms with Crippen molar-refractivity contribution in [2.45, 2.75) is 70.7 Å². The van der Waals surface area contributed by atoms with E-state index in [1.807, 2.05) is 24.3 Å². The molecule has 5 rings (SSSR count). The number of benzene rings is 2. The molecule has 42 heavy (non-hydrogen) atoms. The molecule has 2 aromatic carbocycles. The number of nitrogens with zero attached hydrogens (tertiary/aromatic N) is 3. The van der Waals surface area contributed by atoms with Crippen molar-refractivity contribution in [1.29, 1.82) is 0 Å². The highest BCUT2D eigenvalue weighted by molar-refractivity contribution is 6.76. The molecule has 3 aromatic rings. The molecule has 2 aliphatic heterocycles. The van der Waals surface area contributed by atoms with Gasteiger partial charge in [-0.05, 0) is 68.6 Å². The molecule has 1 fully saturated rings. The van der Waals surface area contributed by atoms with Crippen molar-refractivity contribution in [3.05, 3.63) is 87.2 Å². The Morgan fingerprint density at radius 3 is 2.64 bits per heavy atom. The summed E-state index contributed by atoms with van der Waals surface area (Å²) in [4.78, 5) is 19.0. The maximum atomic E-state index is 14.7. The van der Waals surface area contributed by atoms with Gasteiger partial charge in [0, 0.05) is 30.8 Å². The summed E-state index contributed by atoms with van der Waals surface area (Å²) in [6, 6.07) is 11.9. The van der Waals surface area contributed by atoms with E-state index in [0.29, 0.717) is 35.3 Å². The number of hydrogen-bond acceptors (Lipinski definition) is 5. The number of aromatic carboxylic acids is 1. The zero-order valence-corrected chi connectivity index (χ0v) is 26.5. The maximum Gasteiger partial charge on any atom is 0.354 e. The topological polar surface area (TPSA) is 76.8 Å². The maximum absolute atomic E-state index is 14.7. The number of aryl methyl sites for hydroxylation is 1. The first-order valence-electron chi connectivity index (χ1n) is 14.5. The van der Waals surface area contributed by atoms with Gasteiger partial charge in [-0.15, -0.1) is 0 Å². The van der Waals surface area contributed by atoms with Crippen LogP contribution in [-0.2, 0) is 18.0 Å². The second-order valence-corrected chi connectivity index (χ2v) is 18.5. The molecule has 0 bridgehead atoms. The number of ether oxygens (including phenoxy) is 2. The molecular weight excluding hydrogens is 573 g/mol. The lowest BCUT2D eigenvalue weighted by atomic mass is 9.87. The van der Waals surface area contributed by atoms with Gasteiger partial charge in [0.15, 0.2) is 5.69 Å². The summed E-state index contributed by atoms with van der Waals surface area (Å²) < 4.78 is 28.7. The molecular formula is C32H39ClFN3O4Si. The van der Waals surface area contributed by atoms with Crippen LogP contribution < -0.4 is 4.74 Å². The lowest BCUT2D eigenvalue weighted by Gasteiger charge is -2.34. The van der Waals surface area contributed by atoms with Gasteiger partial charge in [0.05, 0.1) is 12.2 Å². The Labute approximate surface area is 252 Å². The van der Waals surface area contributed by atoms with Gasteiger partial charge < -0.3 is 14.6 Å². The Morgan fingerprint density at radius 2 is 1.95 bits per heavy atom. The number of rotatable bonds is 10. The van der Waals surface area contributed by atoms with Crippen molar-refractivity contribution in [2.24, 2.45) is 0 Å². The number of halogens is 2. The van der Waals surface area contributed by atoms with Crippen LogP contribution >= 0.6 is 11.6 Å². The van der Waals surface area contributed by atoms with Gasteiger partial charge >= 0.3 is 5.97 Å². The number of carboxylic acids is 1. The average molecular weight is 612 g/mol. The zero-order chi connectivity index (χ0) is 30.0. The number of hydrogen-bond donors (Lipinski definition) is 1. The Balaban J connectivity index is 1.26. The van der Waals surface area contributed by atoms with Crippen LogP contribution in [0.3, 0.4) is 0 Å². The highest BCUT2D eigenvalue weighted by atomic mass is 35.5. The standard InChI is InChI=1S/C32H39ClFN3O4Si/c1-21-30(32(38)39)37(20-40-16-17-42(2,3)4)29(35-21)19-36-14-12-22(13-15-36)25-7-5-6-23-8-11-28(41-31(23)25)26-10-9-24(33)18-27(26)34/h5-11,18,22,28H,12-17,19-20H2,1-4H3,(H,38,39). The number of piperidine rings is 1. The van der Waals surface area contributed by atoms with E-state index in [1.54, 1.807) is 23.6 Å². The Bertz CT molecular complexity index is 1480. The summed E-state index contributed by atoms with van der Waals surface area (Å²) in [7, 11) is -1.25. The van der Waals surface area contributed by atoms with Gasteiger partial charge in [0.25, 0.3) is 0 Å². The normalized spacial score (nSPS) is 17.7. The van der Waals surface area contributed by atoms with Crippen LogP contribution in [0.1, 0.15) is 63.6 Å². The third kappa shape index (κ3) is 6.97. The van der Waals surface area contributed by atoms with Crippen molar-refractivity contribution in [3.8, 4) is 5.75 Å². The summed E-state index contributed by atoms with van der Waals surface area (Å²) in [6.45, 7) is 11.7. The van der Waals surface area contributed by atoms with Gasteiger partial charge in [0.2, 0.25) is 0 Å². The molecule has 2 aliphatic rings. The Hall–Kier alpha value is -2.98. The molecule has 10 heteroatoms. The molecule has 0 radical (unpaired) electrons. The summed E-state index contributed by atoms with van der Waals surface area (Å²) in [5.74, 6) is 0.450. The van der Waals surface area contributed by atoms with Crippen LogP contribution in [0.4, 0.5) is 4.39 Å². The molecule has 1 N–H and O–H groups in total. The quantitative estimate of drug-likeness (QED) is 0.189. The smallest absolute Gasteiger partial charge is 0.354 e. The Kier molecular flexibility index (Phi) is 9.22. The minimum Gasteiger partial charge on any atom is -0.481 e. The summed E-state index contributed by atoms with van der Waals surface area (Å²) in [5.41, 5.74) is 3.29. The molecule has 1 aromatic heterocycles. The third-order valence-electron chi connectivity index (χ3n) is 8.07. The minimum atomic E-state index is -1.25. The molecule has 7 nitrogen and oxygen atoms in total. The number of aromatic nitrogens is 2. The second kappa shape index (κ2) is 12.7. The monoisotopic (exact) mass is 611 g/mol. The van der Waals surface area contributed by atoms with Crippen molar-refractivity contribution in [2.75, 3.05) is 19.7 Å². The summed E-state index contributed by atoms with van der Waals surface area (Å²) >= 11 is 5.96. The SMILES string of the molecule is Cc1nc(CN2CCC(c3cccc4c3OC(c3ccc(Cl)cc3F)C=C4)CC2)n(COCC[Si](C)(C)C)c1C(=O)O. The van der Waals surface area contributed by atoms with Crippen LogP contribution in [0.2, 0.25) is 30.7 Å². The fourth-order valence-corrected chi connectivity index (χ4v) is 6.63. The van der Waals surface area contributed by atoms with E-state index in [9.17, 15) is 14.3 Å². The number of likely N-dealkylation sites (tertiary alicyclic amines) is 1. The Morgan fingerprint density at radius 1 is 1.19 bits per heavy atom. The zero-order valence-electron chi connectivity index (χ0n) is 24.7. The lowest BCUT2D eigenvalue weighted by molar-refractivity contribution is 0.0606. The van der Waals surface area contributed by atoms with Gasteiger partial charge in [-0.2, -0.15) is 0 Å². The van der Waals surface area contributed by atoms with Crippen molar-refractivity contribution in [3.63, 3.8) is 0 Å². The molecule has 0 saturated carbocycles. The van der Waals surface area contributed by atoms with Gasteiger partial charge in [0.1, 0.15) is 30.2 Å². The van der Waals surface area contributed by atoms with E-state index in [4.69, 9.17) is 21.1 Å². The number of carboxylic acid groups (broad SMARTS) is 1. The van der Waals surface area contributed by atoms with Gasteiger partial charge in [-0.25, -0.2) is 14.2 Å². The first-order chi connectivity index (χ1) is 20.0. The van der Waals surface area contributed by atoms with E-state index in [2.05, 4.69) is 35.6 Å².